The van der Waals surface area contributed by atoms with Crippen molar-refractivity contribution in [3.05, 3.63) is 45.5 Å². The van der Waals surface area contributed by atoms with E-state index in [1.165, 1.54) is 5.56 Å². The highest BCUT2D eigenvalue weighted by atomic mass is 35.5. The zero-order valence-corrected chi connectivity index (χ0v) is 19.6. The molecular formula is C21H24Cl2N8. The fourth-order valence-corrected chi connectivity index (χ4v) is 4.00. The molecule has 0 spiro atoms. The Morgan fingerprint density at radius 3 is 2.52 bits per heavy atom. The van der Waals surface area contributed by atoms with Crippen LogP contribution < -0.4 is 10.2 Å². The number of rotatable bonds is 5. The van der Waals surface area contributed by atoms with Crippen molar-refractivity contribution in [1.82, 2.24) is 25.1 Å². The van der Waals surface area contributed by atoms with Gasteiger partial charge in [0.1, 0.15) is 10.3 Å². The van der Waals surface area contributed by atoms with Crippen molar-refractivity contribution in [1.29, 1.82) is 5.26 Å². The largest absolute Gasteiger partial charge is 0.349 e. The van der Waals surface area contributed by atoms with Crippen molar-refractivity contribution in [2.45, 2.75) is 40.2 Å². The van der Waals surface area contributed by atoms with E-state index in [0.29, 0.717) is 30.7 Å². The van der Waals surface area contributed by atoms with E-state index in [9.17, 15) is 5.26 Å². The van der Waals surface area contributed by atoms with E-state index < -0.39 is 0 Å². The van der Waals surface area contributed by atoms with Crippen LogP contribution in [0.4, 0.5) is 5.69 Å². The Morgan fingerprint density at radius 1 is 1.26 bits per heavy atom. The van der Waals surface area contributed by atoms with Crippen LogP contribution in [0.1, 0.15) is 43.6 Å². The quantitative estimate of drug-likeness (QED) is 0.260. The van der Waals surface area contributed by atoms with Gasteiger partial charge in [-0.1, -0.05) is 37.0 Å². The summed E-state index contributed by atoms with van der Waals surface area (Å²) in [4.78, 5) is 14.5. The zero-order chi connectivity index (χ0) is 22.7. The molecule has 3 aromatic rings. The van der Waals surface area contributed by atoms with Crippen LogP contribution in [0.25, 0.3) is 11.0 Å². The maximum absolute atomic E-state index is 9.24. The first-order chi connectivity index (χ1) is 14.7. The van der Waals surface area contributed by atoms with Gasteiger partial charge in [0.05, 0.1) is 17.9 Å². The average molecular weight is 459 g/mol. The van der Waals surface area contributed by atoms with Crippen molar-refractivity contribution >= 4 is 45.9 Å². The predicted octanol–water partition coefficient (Wildman–Crippen LogP) is 4.56. The third kappa shape index (κ3) is 4.89. The van der Waals surface area contributed by atoms with Crippen molar-refractivity contribution in [2.24, 2.45) is 12.0 Å². The highest BCUT2D eigenvalue weighted by Crippen LogP contribution is 2.28. The smallest absolute Gasteiger partial charge is 0.214 e. The Bertz CT molecular complexity index is 1160. The molecule has 31 heavy (non-hydrogen) atoms. The van der Waals surface area contributed by atoms with Crippen LogP contribution in [-0.2, 0) is 13.6 Å². The molecule has 162 valence electrons. The molecule has 8 nitrogen and oxygen atoms in total. The Labute approximate surface area is 191 Å². The van der Waals surface area contributed by atoms with Crippen LogP contribution in [0, 0.1) is 18.4 Å². The molecule has 0 saturated carbocycles. The first-order valence-electron chi connectivity index (χ1n) is 9.89. The van der Waals surface area contributed by atoms with Crippen molar-refractivity contribution in [2.75, 3.05) is 11.4 Å². The first kappa shape index (κ1) is 22.8. The van der Waals surface area contributed by atoms with Gasteiger partial charge in [0.15, 0.2) is 5.65 Å². The Balaban J connectivity index is 1.95. The molecule has 0 fully saturated rings. The van der Waals surface area contributed by atoms with Crippen molar-refractivity contribution < 1.29 is 0 Å². The summed E-state index contributed by atoms with van der Waals surface area (Å²) < 4.78 is 1.80. The maximum atomic E-state index is 9.24. The van der Waals surface area contributed by atoms with E-state index in [-0.39, 0.29) is 10.3 Å². The number of nitrogens with zero attached hydrogens (tertiary/aromatic N) is 7. The van der Waals surface area contributed by atoms with Crippen LogP contribution in [0.3, 0.4) is 0 Å². The normalized spacial score (nSPS) is 11.8. The second-order valence-corrected chi connectivity index (χ2v) is 8.14. The van der Waals surface area contributed by atoms with Crippen LogP contribution in [-0.4, -0.2) is 32.3 Å². The standard InChI is InChI=1S/C21H24Cl2N8/c1-6-31(15-8-17(22)28-18(23)9-15)21(26-11-24)25-10-14-7-16(12(2)3)19-13(4)29-30(5)20(19)27-14/h7-9,12H,6,10H2,1-5H3,(H,25,26). The molecule has 0 bridgehead atoms. The number of aromatic nitrogens is 4. The molecular weight excluding hydrogens is 435 g/mol. The average Bonchev–Trinajstić information content (AvgIpc) is 2.99. The molecule has 0 aliphatic carbocycles. The lowest BCUT2D eigenvalue weighted by Gasteiger charge is -2.25. The summed E-state index contributed by atoms with van der Waals surface area (Å²) in [5.41, 5.74) is 4.49. The van der Waals surface area contributed by atoms with Crippen LogP contribution in [0.2, 0.25) is 10.3 Å². The topological polar surface area (TPSA) is 95.0 Å². The minimum Gasteiger partial charge on any atom is -0.349 e. The summed E-state index contributed by atoms with van der Waals surface area (Å²) in [6.07, 6.45) is 1.86. The second-order valence-electron chi connectivity index (χ2n) is 7.37. The number of pyridine rings is 2. The Morgan fingerprint density at radius 2 is 1.94 bits per heavy atom. The number of anilines is 1. The molecule has 0 aliphatic rings. The van der Waals surface area contributed by atoms with Crippen LogP contribution in [0.5, 0.6) is 0 Å². The summed E-state index contributed by atoms with van der Waals surface area (Å²) in [5, 5.41) is 18.6. The summed E-state index contributed by atoms with van der Waals surface area (Å²) in [6.45, 7) is 9.15. The number of aryl methyl sites for hydroxylation is 2. The first-order valence-corrected chi connectivity index (χ1v) is 10.6. The van der Waals surface area contributed by atoms with Gasteiger partial charge in [-0.05, 0) is 43.5 Å². The fourth-order valence-electron chi connectivity index (χ4n) is 3.55. The van der Waals surface area contributed by atoms with E-state index in [4.69, 9.17) is 28.2 Å². The third-order valence-corrected chi connectivity index (χ3v) is 5.28. The summed E-state index contributed by atoms with van der Waals surface area (Å²) in [5.74, 6) is 0.685. The molecule has 3 rings (SSSR count). The predicted molar refractivity (Wildman–Crippen MR) is 124 cm³/mol. The van der Waals surface area contributed by atoms with E-state index >= 15 is 0 Å². The van der Waals surface area contributed by atoms with Crippen molar-refractivity contribution in [3.63, 3.8) is 0 Å². The third-order valence-electron chi connectivity index (χ3n) is 4.89. The number of hydrogen-bond acceptors (Lipinski definition) is 5. The van der Waals surface area contributed by atoms with Crippen LogP contribution >= 0.6 is 23.2 Å². The van der Waals surface area contributed by atoms with Gasteiger partial charge in [-0.15, -0.1) is 4.99 Å². The lowest BCUT2D eigenvalue weighted by atomic mass is 9.99. The van der Waals surface area contributed by atoms with Crippen LogP contribution in [0.15, 0.2) is 23.2 Å². The molecule has 0 amide bonds. The molecule has 10 heteroatoms. The molecule has 0 atom stereocenters. The van der Waals surface area contributed by atoms with Crippen molar-refractivity contribution in [3.8, 4) is 6.19 Å². The number of aliphatic imine (C=N–C) groups is 1. The molecule has 3 aromatic heterocycles. The highest BCUT2D eigenvalue weighted by Gasteiger charge is 2.18. The van der Waals surface area contributed by atoms with E-state index in [2.05, 4.69) is 40.3 Å². The van der Waals surface area contributed by atoms with E-state index in [0.717, 1.165) is 22.4 Å². The molecule has 1 N–H and O–H groups in total. The van der Waals surface area contributed by atoms with Gasteiger partial charge in [0, 0.05) is 24.7 Å². The van der Waals surface area contributed by atoms with Gasteiger partial charge >= 0.3 is 0 Å². The summed E-state index contributed by atoms with van der Waals surface area (Å²) in [7, 11) is 1.89. The number of halogens is 2. The molecule has 0 radical (unpaired) electrons. The summed E-state index contributed by atoms with van der Waals surface area (Å²) >= 11 is 12.1. The lowest BCUT2D eigenvalue weighted by Crippen LogP contribution is -2.41. The zero-order valence-electron chi connectivity index (χ0n) is 18.1. The van der Waals surface area contributed by atoms with Gasteiger partial charge in [0.25, 0.3) is 0 Å². The van der Waals surface area contributed by atoms with Gasteiger partial charge in [-0.25, -0.2) is 9.97 Å². The van der Waals surface area contributed by atoms with Gasteiger partial charge < -0.3 is 10.2 Å². The van der Waals surface area contributed by atoms with Gasteiger partial charge in [-0.2, -0.15) is 10.4 Å². The number of nitriles is 1. The Kier molecular flexibility index (Phi) is 6.98. The summed E-state index contributed by atoms with van der Waals surface area (Å²) in [6, 6.07) is 5.42. The van der Waals surface area contributed by atoms with E-state index in [1.54, 1.807) is 21.7 Å². The van der Waals surface area contributed by atoms with E-state index in [1.807, 2.05) is 27.1 Å². The minimum atomic E-state index is 0.262. The highest BCUT2D eigenvalue weighted by molar-refractivity contribution is 6.33. The SMILES string of the molecule is CCN(/C(=N/C#N)NCc1cc(C(C)C)c2c(C)nn(C)c2n1)c1cc(Cl)nc(Cl)c1. The second kappa shape index (κ2) is 9.50. The number of nitrogens with one attached hydrogen (secondary N) is 1. The molecule has 0 unspecified atom stereocenters. The monoisotopic (exact) mass is 458 g/mol. The lowest BCUT2D eigenvalue weighted by molar-refractivity contribution is 0.765. The molecule has 0 aromatic carbocycles. The fraction of sp³-hybridized carbons (Fsp3) is 0.381. The minimum absolute atomic E-state index is 0.262. The Hall–Kier alpha value is -2.89. The number of hydrogen-bond donors (Lipinski definition) is 1. The molecule has 0 saturated heterocycles. The molecule has 3 heterocycles. The number of fused-ring (bicyclic) bond motifs is 1. The number of guanidine groups is 1. The maximum Gasteiger partial charge on any atom is 0.214 e. The molecule has 0 aliphatic heterocycles. The van der Waals surface area contributed by atoms with Gasteiger partial charge in [0.2, 0.25) is 12.2 Å². The van der Waals surface area contributed by atoms with Gasteiger partial charge in [-0.3, -0.25) is 4.68 Å².